The molecule has 23 heavy (non-hydrogen) atoms. The molecule has 126 valence electrons. The van der Waals surface area contributed by atoms with Crippen LogP contribution in [0.3, 0.4) is 0 Å². The van der Waals surface area contributed by atoms with Crippen molar-refractivity contribution in [3.8, 4) is 0 Å². The summed E-state index contributed by atoms with van der Waals surface area (Å²) in [5.74, 6) is -0.312. The molecule has 1 aromatic rings. The quantitative estimate of drug-likeness (QED) is 0.787. The second-order valence-corrected chi connectivity index (χ2v) is 6.83. The Morgan fingerprint density at radius 3 is 2.39 bits per heavy atom. The maximum absolute atomic E-state index is 12.1. The molecule has 6 nitrogen and oxygen atoms in total. The van der Waals surface area contributed by atoms with E-state index in [4.69, 9.17) is 10.5 Å². The zero-order chi connectivity index (χ0) is 17.0. The van der Waals surface area contributed by atoms with Crippen molar-refractivity contribution in [3.63, 3.8) is 0 Å². The van der Waals surface area contributed by atoms with Crippen LogP contribution in [0, 0.1) is 0 Å². The van der Waals surface area contributed by atoms with Crippen molar-refractivity contribution in [2.24, 2.45) is 5.73 Å². The Labute approximate surface area is 136 Å². The Kier molecular flexibility index (Phi) is 5.38. The third-order valence-corrected chi connectivity index (χ3v) is 3.57. The summed E-state index contributed by atoms with van der Waals surface area (Å²) in [7, 11) is 0. The van der Waals surface area contributed by atoms with Crippen LogP contribution in [-0.4, -0.2) is 36.1 Å². The van der Waals surface area contributed by atoms with E-state index in [2.05, 4.69) is 10.6 Å². The van der Waals surface area contributed by atoms with Crippen molar-refractivity contribution < 1.29 is 14.3 Å². The van der Waals surface area contributed by atoms with Crippen molar-refractivity contribution in [3.05, 3.63) is 29.8 Å². The summed E-state index contributed by atoms with van der Waals surface area (Å²) in [6, 6.07) is 6.80. The lowest BCUT2D eigenvalue weighted by molar-refractivity contribution is -0.126. The molecule has 1 aliphatic heterocycles. The maximum Gasteiger partial charge on any atom is 0.253 e. The standard InChI is InChI=1S/C17H25N3O3/c1-17(2,3)20-15(21)11-4-6-12(7-5-11)19-16(22)14-9-8-13(10-18)23-14/h4-7,13-14H,8-10,18H2,1-3H3,(H,19,22)(H,20,21)/t13-,14+/m1/s1. The van der Waals surface area contributed by atoms with Crippen LogP contribution in [0.5, 0.6) is 0 Å². The van der Waals surface area contributed by atoms with E-state index in [1.807, 2.05) is 20.8 Å². The second kappa shape index (κ2) is 7.10. The molecule has 6 heteroatoms. The lowest BCUT2D eigenvalue weighted by Gasteiger charge is -2.20. The van der Waals surface area contributed by atoms with Crippen molar-refractivity contribution in [1.29, 1.82) is 0 Å². The minimum atomic E-state index is -0.451. The topological polar surface area (TPSA) is 93.5 Å². The Bertz CT molecular complexity index is 563. The highest BCUT2D eigenvalue weighted by atomic mass is 16.5. The minimum absolute atomic E-state index is 0.0331. The number of amides is 2. The van der Waals surface area contributed by atoms with E-state index in [0.717, 1.165) is 6.42 Å². The molecule has 2 amide bonds. The SMILES string of the molecule is CC(C)(C)NC(=O)c1ccc(NC(=O)[C@@H]2CC[C@H](CN)O2)cc1. The summed E-state index contributed by atoms with van der Waals surface area (Å²) in [4.78, 5) is 24.2. The summed E-state index contributed by atoms with van der Waals surface area (Å²) in [5.41, 5.74) is 6.45. The first-order chi connectivity index (χ1) is 10.8. The number of hydrogen-bond donors (Lipinski definition) is 3. The van der Waals surface area contributed by atoms with Gasteiger partial charge in [-0.3, -0.25) is 9.59 Å². The van der Waals surface area contributed by atoms with E-state index < -0.39 is 6.10 Å². The number of nitrogens with two attached hydrogens (primary N) is 1. The fourth-order valence-electron chi connectivity index (χ4n) is 2.41. The molecule has 0 bridgehead atoms. The van der Waals surface area contributed by atoms with Crippen LogP contribution in [0.4, 0.5) is 5.69 Å². The van der Waals surface area contributed by atoms with Gasteiger partial charge in [0.2, 0.25) is 0 Å². The number of anilines is 1. The Morgan fingerprint density at radius 2 is 1.87 bits per heavy atom. The lowest BCUT2D eigenvalue weighted by atomic mass is 10.1. The first-order valence-electron chi connectivity index (χ1n) is 7.87. The zero-order valence-corrected chi connectivity index (χ0v) is 13.9. The van der Waals surface area contributed by atoms with Gasteiger partial charge in [0.15, 0.2) is 0 Å². The Hall–Kier alpha value is -1.92. The fourth-order valence-corrected chi connectivity index (χ4v) is 2.41. The van der Waals surface area contributed by atoms with Gasteiger partial charge in [-0.05, 0) is 57.9 Å². The number of hydrogen-bond acceptors (Lipinski definition) is 4. The van der Waals surface area contributed by atoms with Gasteiger partial charge in [-0.2, -0.15) is 0 Å². The van der Waals surface area contributed by atoms with Crippen molar-refractivity contribution in [1.82, 2.24) is 5.32 Å². The first kappa shape index (κ1) is 17.4. The molecule has 1 fully saturated rings. The van der Waals surface area contributed by atoms with Crippen molar-refractivity contribution in [2.45, 2.75) is 51.4 Å². The molecular weight excluding hydrogens is 294 g/mol. The van der Waals surface area contributed by atoms with Crippen LogP contribution < -0.4 is 16.4 Å². The molecule has 2 atom stereocenters. The van der Waals surface area contributed by atoms with Gasteiger partial charge in [0.25, 0.3) is 11.8 Å². The molecule has 1 aliphatic rings. The predicted octanol–water partition coefficient (Wildman–Crippen LogP) is 1.66. The van der Waals surface area contributed by atoms with Gasteiger partial charge >= 0.3 is 0 Å². The molecule has 4 N–H and O–H groups in total. The average molecular weight is 319 g/mol. The van der Waals surface area contributed by atoms with Crippen LogP contribution >= 0.6 is 0 Å². The highest BCUT2D eigenvalue weighted by molar-refractivity contribution is 5.97. The number of benzene rings is 1. The largest absolute Gasteiger partial charge is 0.364 e. The first-order valence-corrected chi connectivity index (χ1v) is 7.87. The molecule has 1 saturated heterocycles. The van der Waals surface area contributed by atoms with Gasteiger partial charge in [-0.1, -0.05) is 0 Å². The second-order valence-electron chi connectivity index (χ2n) is 6.83. The smallest absolute Gasteiger partial charge is 0.253 e. The van der Waals surface area contributed by atoms with E-state index in [9.17, 15) is 9.59 Å². The van der Waals surface area contributed by atoms with E-state index in [-0.39, 0.29) is 23.5 Å². The van der Waals surface area contributed by atoms with Crippen molar-refractivity contribution >= 4 is 17.5 Å². The maximum atomic E-state index is 12.1. The number of ether oxygens (including phenoxy) is 1. The molecular formula is C17H25N3O3. The van der Waals surface area contributed by atoms with Gasteiger partial charge in [0.05, 0.1) is 6.10 Å². The van der Waals surface area contributed by atoms with Crippen LogP contribution in [0.1, 0.15) is 44.0 Å². The molecule has 0 aromatic heterocycles. The third kappa shape index (κ3) is 5.04. The van der Waals surface area contributed by atoms with Gasteiger partial charge in [0.1, 0.15) is 6.10 Å². The highest BCUT2D eigenvalue weighted by Gasteiger charge is 2.29. The molecule has 0 spiro atoms. The summed E-state index contributed by atoms with van der Waals surface area (Å²) >= 11 is 0. The highest BCUT2D eigenvalue weighted by Crippen LogP contribution is 2.20. The van der Waals surface area contributed by atoms with Crippen LogP contribution in [0.2, 0.25) is 0 Å². The van der Waals surface area contributed by atoms with Crippen LogP contribution in [0.25, 0.3) is 0 Å². The predicted molar refractivity (Wildman–Crippen MR) is 89.2 cm³/mol. The molecule has 2 rings (SSSR count). The molecule has 0 aliphatic carbocycles. The van der Waals surface area contributed by atoms with Gasteiger partial charge < -0.3 is 21.1 Å². The van der Waals surface area contributed by atoms with E-state index in [0.29, 0.717) is 24.2 Å². The summed E-state index contributed by atoms with van der Waals surface area (Å²) in [5, 5.41) is 5.70. The molecule has 0 radical (unpaired) electrons. The molecule has 1 aromatic carbocycles. The van der Waals surface area contributed by atoms with Gasteiger partial charge in [-0.15, -0.1) is 0 Å². The summed E-state index contributed by atoms with van der Waals surface area (Å²) < 4.78 is 5.56. The number of rotatable bonds is 4. The van der Waals surface area contributed by atoms with Gasteiger partial charge in [-0.25, -0.2) is 0 Å². The number of nitrogens with one attached hydrogen (secondary N) is 2. The normalized spacial score (nSPS) is 21.0. The fraction of sp³-hybridized carbons (Fsp3) is 0.529. The molecule has 1 heterocycles. The monoisotopic (exact) mass is 319 g/mol. The third-order valence-electron chi connectivity index (χ3n) is 3.57. The van der Waals surface area contributed by atoms with Crippen molar-refractivity contribution in [2.75, 3.05) is 11.9 Å². The van der Waals surface area contributed by atoms with E-state index in [1.165, 1.54) is 0 Å². The van der Waals surface area contributed by atoms with E-state index in [1.54, 1.807) is 24.3 Å². The Morgan fingerprint density at radius 1 is 1.22 bits per heavy atom. The average Bonchev–Trinajstić information content (AvgIpc) is 2.95. The van der Waals surface area contributed by atoms with Gasteiger partial charge in [0, 0.05) is 23.3 Å². The lowest BCUT2D eigenvalue weighted by Crippen LogP contribution is -2.40. The van der Waals surface area contributed by atoms with E-state index >= 15 is 0 Å². The van der Waals surface area contributed by atoms with Crippen LogP contribution in [0.15, 0.2) is 24.3 Å². The summed E-state index contributed by atoms with van der Waals surface area (Å²) in [6.07, 6.45) is 1.00. The summed E-state index contributed by atoms with van der Waals surface area (Å²) in [6.45, 7) is 6.21. The number of carbonyl (C=O) groups is 2. The Balaban J connectivity index is 1.92. The molecule has 0 saturated carbocycles. The molecule has 0 unspecified atom stereocenters. The number of carbonyl (C=O) groups excluding carboxylic acids is 2. The zero-order valence-electron chi connectivity index (χ0n) is 13.9. The van der Waals surface area contributed by atoms with Crippen LogP contribution in [-0.2, 0) is 9.53 Å². The minimum Gasteiger partial charge on any atom is -0.364 e.